The molecule has 1 unspecified atom stereocenters. The quantitative estimate of drug-likeness (QED) is 0.840. The van der Waals surface area contributed by atoms with Crippen LogP contribution < -0.4 is 5.32 Å². The molecule has 1 aliphatic carbocycles. The number of rotatable bonds is 4. The molecule has 1 fully saturated rings. The van der Waals surface area contributed by atoms with Crippen LogP contribution in [-0.2, 0) is 6.54 Å². The summed E-state index contributed by atoms with van der Waals surface area (Å²) in [5, 5.41) is 3.61. The van der Waals surface area contributed by atoms with Gasteiger partial charge in [0.2, 0.25) is 0 Å². The third-order valence-electron chi connectivity index (χ3n) is 3.66. The first-order valence-corrected chi connectivity index (χ1v) is 6.41. The van der Waals surface area contributed by atoms with E-state index < -0.39 is 0 Å². The Hall–Kier alpha value is -0.890. The molecule has 0 aromatic carbocycles. The molecule has 1 saturated carbocycles. The minimum absolute atomic E-state index is 0.629. The molecule has 1 aromatic heterocycles. The largest absolute Gasteiger partial charge is 0.308 e. The Labute approximate surface area is 98.5 Å². The van der Waals surface area contributed by atoms with E-state index in [1.165, 1.54) is 25.7 Å². The van der Waals surface area contributed by atoms with E-state index in [0.29, 0.717) is 6.04 Å². The molecule has 2 rings (SSSR count). The van der Waals surface area contributed by atoms with Crippen LogP contribution in [-0.4, -0.2) is 11.0 Å². The smallest absolute Gasteiger partial charge is 0.0544 e. The lowest BCUT2D eigenvalue weighted by Crippen LogP contribution is -2.32. The fourth-order valence-electron chi connectivity index (χ4n) is 2.59. The van der Waals surface area contributed by atoms with Crippen molar-refractivity contribution in [1.82, 2.24) is 10.3 Å². The third-order valence-corrected chi connectivity index (χ3v) is 3.66. The average Bonchev–Trinajstić information content (AvgIpc) is 2.79. The molecule has 1 atom stereocenters. The van der Waals surface area contributed by atoms with Crippen LogP contribution in [0.5, 0.6) is 0 Å². The zero-order chi connectivity index (χ0) is 11.4. The van der Waals surface area contributed by atoms with Gasteiger partial charge in [-0.1, -0.05) is 18.9 Å². The van der Waals surface area contributed by atoms with Gasteiger partial charge in [0, 0.05) is 18.3 Å². The van der Waals surface area contributed by atoms with Crippen molar-refractivity contribution in [1.29, 1.82) is 0 Å². The van der Waals surface area contributed by atoms with E-state index in [-0.39, 0.29) is 0 Å². The van der Waals surface area contributed by atoms with Crippen molar-refractivity contribution in [3.63, 3.8) is 0 Å². The third kappa shape index (κ3) is 3.05. The number of aryl methyl sites for hydroxylation is 1. The normalized spacial score (nSPS) is 18.9. The van der Waals surface area contributed by atoms with Crippen LogP contribution >= 0.6 is 0 Å². The summed E-state index contributed by atoms with van der Waals surface area (Å²) < 4.78 is 0. The molecule has 0 spiro atoms. The summed E-state index contributed by atoms with van der Waals surface area (Å²) in [5.74, 6) is 0.879. The highest BCUT2D eigenvalue weighted by molar-refractivity contribution is 5.09. The molecule has 1 aromatic rings. The minimum atomic E-state index is 0.629. The summed E-state index contributed by atoms with van der Waals surface area (Å²) in [6.45, 7) is 5.26. The summed E-state index contributed by atoms with van der Waals surface area (Å²) in [6.07, 6.45) is 5.63. The molecular weight excluding hydrogens is 196 g/mol. The van der Waals surface area contributed by atoms with Crippen molar-refractivity contribution in [3.8, 4) is 0 Å². The van der Waals surface area contributed by atoms with Crippen LogP contribution in [0.3, 0.4) is 0 Å². The second kappa shape index (κ2) is 5.44. The molecule has 2 nitrogen and oxygen atoms in total. The number of nitrogens with one attached hydrogen (secondary N) is 1. The first-order chi connectivity index (χ1) is 7.75. The molecule has 0 radical (unpaired) electrons. The lowest BCUT2D eigenvalue weighted by Gasteiger charge is -2.20. The number of aromatic nitrogens is 1. The molecule has 0 aliphatic heterocycles. The van der Waals surface area contributed by atoms with Gasteiger partial charge in [-0.2, -0.15) is 0 Å². The second-order valence-corrected chi connectivity index (χ2v) is 4.98. The van der Waals surface area contributed by atoms with E-state index in [9.17, 15) is 0 Å². The zero-order valence-corrected chi connectivity index (χ0v) is 10.4. The first-order valence-electron chi connectivity index (χ1n) is 6.41. The molecule has 88 valence electrons. The van der Waals surface area contributed by atoms with Gasteiger partial charge in [0.25, 0.3) is 0 Å². The molecule has 2 heteroatoms. The van der Waals surface area contributed by atoms with E-state index in [1.54, 1.807) is 0 Å². The first kappa shape index (κ1) is 11.6. The maximum absolute atomic E-state index is 4.51. The SMILES string of the molecule is Cc1cccc(CNC(C)C2CCCC2)n1. The fourth-order valence-corrected chi connectivity index (χ4v) is 2.59. The fraction of sp³-hybridized carbons (Fsp3) is 0.643. The summed E-state index contributed by atoms with van der Waals surface area (Å²) >= 11 is 0. The second-order valence-electron chi connectivity index (χ2n) is 4.98. The van der Waals surface area contributed by atoms with Gasteiger partial charge in [-0.15, -0.1) is 0 Å². The number of pyridine rings is 1. The molecular formula is C14H22N2. The van der Waals surface area contributed by atoms with Crippen LogP contribution in [0.2, 0.25) is 0 Å². The maximum Gasteiger partial charge on any atom is 0.0544 e. The predicted molar refractivity (Wildman–Crippen MR) is 67.2 cm³/mol. The molecule has 0 bridgehead atoms. The molecule has 1 N–H and O–H groups in total. The van der Waals surface area contributed by atoms with Gasteiger partial charge in [-0.05, 0) is 44.7 Å². The topological polar surface area (TPSA) is 24.9 Å². The lowest BCUT2D eigenvalue weighted by molar-refractivity contribution is 0.379. The predicted octanol–water partition coefficient (Wildman–Crippen LogP) is 3.06. The highest BCUT2D eigenvalue weighted by Crippen LogP contribution is 2.27. The van der Waals surface area contributed by atoms with E-state index in [4.69, 9.17) is 0 Å². The van der Waals surface area contributed by atoms with Gasteiger partial charge >= 0.3 is 0 Å². The van der Waals surface area contributed by atoms with Gasteiger partial charge in [0.1, 0.15) is 0 Å². The summed E-state index contributed by atoms with van der Waals surface area (Å²) in [6, 6.07) is 6.86. The van der Waals surface area contributed by atoms with E-state index in [0.717, 1.165) is 23.9 Å². The molecule has 1 aliphatic rings. The van der Waals surface area contributed by atoms with Crippen molar-refractivity contribution in [2.45, 2.75) is 52.1 Å². The Morgan fingerprint density at radius 2 is 2.12 bits per heavy atom. The van der Waals surface area contributed by atoms with Crippen molar-refractivity contribution in [3.05, 3.63) is 29.6 Å². The van der Waals surface area contributed by atoms with E-state index in [2.05, 4.69) is 29.4 Å². The van der Waals surface area contributed by atoms with Crippen LogP contribution in [0.1, 0.15) is 44.0 Å². The van der Waals surface area contributed by atoms with E-state index >= 15 is 0 Å². The van der Waals surface area contributed by atoms with Gasteiger partial charge in [0.15, 0.2) is 0 Å². The standard InChI is InChI=1S/C14H22N2/c1-11-6-5-9-14(16-11)10-15-12(2)13-7-3-4-8-13/h5-6,9,12-13,15H,3-4,7-8,10H2,1-2H3. The monoisotopic (exact) mass is 218 g/mol. The summed E-state index contributed by atoms with van der Waals surface area (Å²) in [4.78, 5) is 4.51. The van der Waals surface area contributed by atoms with Crippen molar-refractivity contribution in [2.75, 3.05) is 0 Å². The van der Waals surface area contributed by atoms with Crippen LogP contribution in [0.15, 0.2) is 18.2 Å². The van der Waals surface area contributed by atoms with Crippen molar-refractivity contribution >= 4 is 0 Å². The average molecular weight is 218 g/mol. The Morgan fingerprint density at radius 3 is 2.81 bits per heavy atom. The Bertz CT molecular complexity index is 329. The molecule has 0 amide bonds. The van der Waals surface area contributed by atoms with Gasteiger partial charge in [-0.3, -0.25) is 4.98 Å². The number of nitrogens with zero attached hydrogens (tertiary/aromatic N) is 1. The van der Waals surface area contributed by atoms with Gasteiger partial charge in [-0.25, -0.2) is 0 Å². The van der Waals surface area contributed by atoms with Crippen LogP contribution in [0.25, 0.3) is 0 Å². The molecule has 16 heavy (non-hydrogen) atoms. The Balaban J connectivity index is 1.82. The molecule has 0 saturated heterocycles. The van der Waals surface area contributed by atoms with Crippen molar-refractivity contribution < 1.29 is 0 Å². The zero-order valence-electron chi connectivity index (χ0n) is 10.4. The highest BCUT2D eigenvalue weighted by Gasteiger charge is 2.20. The van der Waals surface area contributed by atoms with Crippen LogP contribution in [0.4, 0.5) is 0 Å². The number of hydrogen-bond donors (Lipinski definition) is 1. The van der Waals surface area contributed by atoms with Gasteiger partial charge in [0.05, 0.1) is 5.69 Å². The lowest BCUT2D eigenvalue weighted by atomic mass is 10.00. The summed E-state index contributed by atoms with van der Waals surface area (Å²) in [5.41, 5.74) is 2.26. The van der Waals surface area contributed by atoms with Crippen molar-refractivity contribution in [2.24, 2.45) is 5.92 Å². The minimum Gasteiger partial charge on any atom is -0.308 e. The van der Waals surface area contributed by atoms with E-state index in [1.807, 2.05) is 13.0 Å². The van der Waals surface area contributed by atoms with Crippen LogP contribution in [0, 0.1) is 12.8 Å². The number of hydrogen-bond acceptors (Lipinski definition) is 2. The summed E-state index contributed by atoms with van der Waals surface area (Å²) in [7, 11) is 0. The molecule has 1 heterocycles. The van der Waals surface area contributed by atoms with Gasteiger partial charge < -0.3 is 5.32 Å². The highest BCUT2D eigenvalue weighted by atomic mass is 14.9. The Morgan fingerprint density at radius 1 is 1.38 bits per heavy atom. The maximum atomic E-state index is 4.51. The Kier molecular flexibility index (Phi) is 3.94.